The van der Waals surface area contributed by atoms with Gasteiger partial charge in [-0.1, -0.05) is 0 Å². The van der Waals surface area contributed by atoms with Gasteiger partial charge < -0.3 is 19.5 Å². The molecule has 1 aromatic carbocycles. The zero-order valence-corrected chi connectivity index (χ0v) is 14.9. The van der Waals surface area contributed by atoms with Crippen LogP contribution < -0.4 is 14.8 Å². The van der Waals surface area contributed by atoms with Gasteiger partial charge in [0, 0.05) is 25.8 Å². The van der Waals surface area contributed by atoms with Crippen LogP contribution in [0, 0.1) is 3.57 Å². The first kappa shape index (κ1) is 18.6. The molecule has 0 atom stereocenters. The summed E-state index contributed by atoms with van der Waals surface area (Å²) in [5, 5.41) is 3.43. The van der Waals surface area contributed by atoms with Crippen LogP contribution >= 0.6 is 22.6 Å². The number of alkyl halides is 3. The second-order valence-corrected chi connectivity index (χ2v) is 6.44. The molecule has 1 aliphatic rings. The molecule has 1 aliphatic heterocycles. The van der Waals surface area contributed by atoms with Gasteiger partial charge in [0.05, 0.1) is 10.7 Å². The highest BCUT2D eigenvalue weighted by molar-refractivity contribution is 14.1. The van der Waals surface area contributed by atoms with Crippen molar-refractivity contribution < 1.29 is 27.4 Å². The molecule has 0 radical (unpaired) electrons. The molecule has 1 N–H and O–H groups in total. The molecule has 0 spiro atoms. The van der Waals surface area contributed by atoms with E-state index < -0.39 is 12.8 Å². The highest BCUT2D eigenvalue weighted by Crippen LogP contribution is 2.35. The minimum absolute atomic E-state index is 0.125. The van der Waals surface area contributed by atoms with Gasteiger partial charge in [-0.2, -0.15) is 13.2 Å². The van der Waals surface area contributed by atoms with Crippen LogP contribution in [0.4, 0.5) is 13.2 Å². The van der Waals surface area contributed by atoms with E-state index in [4.69, 9.17) is 14.2 Å². The predicted octanol–water partition coefficient (Wildman–Crippen LogP) is 3.51. The first-order valence-electron chi connectivity index (χ1n) is 7.26. The molecule has 0 unspecified atom stereocenters. The van der Waals surface area contributed by atoms with Crippen LogP contribution in [0.1, 0.15) is 18.4 Å². The van der Waals surface area contributed by atoms with Crippen LogP contribution in [0.15, 0.2) is 12.1 Å². The Hall–Kier alpha value is -0.740. The van der Waals surface area contributed by atoms with E-state index >= 15 is 0 Å². The van der Waals surface area contributed by atoms with E-state index in [2.05, 4.69) is 5.32 Å². The van der Waals surface area contributed by atoms with E-state index in [0.29, 0.717) is 21.9 Å². The second-order valence-electron chi connectivity index (χ2n) is 5.28. The molecule has 2 rings (SSSR count). The highest BCUT2D eigenvalue weighted by Gasteiger charge is 2.29. The van der Waals surface area contributed by atoms with Crippen LogP contribution in [0.5, 0.6) is 11.5 Å². The molecule has 0 saturated carbocycles. The first-order chi connectivity index (χ1) is 10.9. The molecule has 0 bridgehead atoms. The second kappa shape index (κ2) is 8.39. The molecule has 130 valence electrons. The average Bonchev–Trinajstić information content (AvgIpc) is 2.51. The van der Waals surface area contributed by atoms with Crippen LogP contribution in [0.25, 0.3) is 0 Å². The third-order valence-electron chi connectivity index (χ3n) is 3.49. The van der Waals surface area contributed by atoms with E-state index in [9.17, 15) is 13.2 Å². The highest BCUT2D eigenvalue weighted by atomic mass is 127. The Bertz CT molecular complexity index is 519. The molecular formula is C15H19F3INO3. The lowest BCUT2D eigenvalue weighted by atomic mass is 10.1. The number of hydrogen-bond acceptors (Lipinski definition) is 4. The zero-order chi connectivity index (χ0) is 16.9. The number of nitrogens with one attached hydrogen (secondary N) is 1. The summed E-state index contributed by atoms with van der Waals surface area (Å²) in [6.07, 6.45) is -2.46. The van der Waals surface area contributed by atoms with E-state index in [0.717, 1.165) is 31.6 Å². The number of methoxy groups -OCH3 is 1. The Morgan fingerprint density at radius 2 is 2.00 bits per heavy atom. The summed E-state index contributed by atoms with van der Waals surface area (Å²) in [6, 6.07) is 3.91. The van der Waals surface area contributed by atoms with Gasteiger partial charge in [0.1, 0.15) is 0 Å². The quantitative estimate of drug-likeness (QED) is 0.681. The minimum Gasteiger partial charge on any atom is -0.493 e. The first-order valence-corrected chi connectivity index (χ1v) is 8.34. The van der Waals surface area contributed by atoms with Crippen LogP contribution in [-0.4, -0.2) is 39.1 Å². The van der Waals surface area contributed by atoms with Crippen molar-refractivity contribution in [3.63, 3.8) is 0 Å². The Morgan fingerprint density at radius 1 is 1.30 bits per heavy atom. The van der Waals surface area contributed by atoms with Crippen molar-refractivity contribution in [3.8, 4) is 11.5 Å². The summed E-state index contributed by atoms with van der Waals surface area (Å²) in [6.45, 7) is 0.793. The molecular weight excluding hydrogens is 426 g/mol. The SMILES string of the molecule is COc1cc(CNC2CCOCC2)cc(I)c1OCC(F)(F)F. The molecule has 1 fully saturated rings. The van der Waals surface area contributed by atoms with E-state index in [1.165, 1.54) is 7.11 Å². The topological polar surface area (TPSA) is 39.7 Å². The molecule has 1 saturated heterocycles. The third kappa shape index (κ3) is 6.00. The molecule has 1 heterocycles. The van der Waals surface area contributed by atoms with Crippen molar-refractivity contribution in [3.05, 3.63) is 21.3 Å². The summed E-state index contributed by atoms with van der Waals surface area (Å²) >= 11 is 1.96. The average molecular weight is 445 g/mol. The molecule has 1 aromatic rings. The third-order valence-corrected chi connectivity index (χ3v) is 4.29. The van der Waals surface area contributed by atoms with Crippen molar-refractivity contribution in [2.75, 3.05) is 26.9 Å². The van der Waals surface area contributed by atoms with Crippen LogP contribution in [0.3, 0.4) is 0 Å². The van der Waals surface area contributed by atoms with Gasteiger partial charge in [-0.15, -0.1) is 0 Å². The summed E-state index contributed by atoms with van der Waals surface area (Å²) in [5.74, 6) is 0.435. The summed E-state index contributed by atoms with van der Waals surface area (Å²) in [4.78, 5) is 0. The van der Waals surface area contributed by atoms with Crippen LogP contribution in [-0.2, 0) is 11.3 Å². The van der Waals surface area contributed by atoms with Gasteiger partial charge in [0.2, 0.25) is 0 Å². The van der Waals surface area contributed by atoms with Gasteiger partial charge in [-0.3, -0.25) is 0 Å². The maximum Gasteiger partial charge on any atom is 0.422 e. The maximum atomic E-state index is 12.3. The smallest absolute Gasteiger partial charge is 0.422 e. The van der Waals surface area contributed by atoms with Gasteiger partial charge >= 0.3 is 6.18 Å². The number of hydrogen-bond donors (Lipinski definition) is 1. The lowest BCUT2D eigenvalue weighted by Gasteiger charge is -2.23. The fourth-order valence-electron chi connectivity index (χ4n) is 2.33. The number of halogens is 4. The van der Waals surface area contributed by atoms with Gasteiger partial charge in [-0.05, 0) is 53.1 Å². The normalized spacial score (nSPS) is 16.4. The lowest BCUT2D eigenvalue weighted by Crippen LogP contribution is -2.34. The van der Waals surface area contributed by atoms with Crippen molar-refractivity contribution in [2.45, 2.75) is 31.6 Å². The van der Waals surface area contributed by atoms with Crippen molar-refractivity contribution in [1.82, 2.24) is 5.32 Å². The van der Waals surface area contributed by atoms with E-state index in [1.54, 1.807) is 12.1 Å². The number of rotatable bonds is 6. The fourth-order valence-corrected chi connectivity index (χ4v) is 3.15. The Balaban J connectivity index is 2.02. The maximum absolute atomic E-state index is 12.3. The van der Waals surface area contributed by atoms with Crippen molar-refractivity contribution in [2.24, 2.45) is 0 Å². The molecule has 8 heteroatoms. The standard InChI is InChI=1S/C15H19F3INO3/c1-21-13-7-10(8-20-11-2-4-22-5-3-11)6-12(19)14(13)23-9-15(16,17)18/h6-7,11,20H,2-5,8-9H2,1H3. The van der Waals surface area contributed by atoms with Gasteiger partial charge in [0.15, 0.2) is 18.1 Å². The molecule has 0 aliphatic carbocycles. The molecule has 0 aromatic heterocycles. The number of ether oxygens (including phenoxy) is 3. The molecule has 4 nitrogen and oxygen atoms in total. The summed E-state index contributed by atoms with van der Waals surface area (Å²) in [7, 11) is 1.42. The summed E-state index contributed by atoms with van der Waals surface area (Å²) in [5.41, 5.74) is 0.942. The Kier molecular flexibility index (Phi) is 6.78. The van der Waals surface area contributed by atoms with Gasteiger partial charge in [-0.25, -0.2) is 0 Å². The van der Waals surface area contributed by atoms with Gasteiger partial charge in [0.25, 0.3) is 0 Å². The Labute approximate surface area is 146 Å². The minimum atomic E-state index is -4.38. The van der Waals surface area contributed by atoms with Crippen molar-refractivity contribution in [1.29, 1.82) is 0 Å². The van der Waals surface area contributed by atoms with Crippen LogP contribution in [0.2, 0.25) is 0 Å². The van der Waals surface area contributed by atoms with Crippen molar-refractivity contribution >= 4 is 22.6 Å². The molecule has 0 amide bonds. The largest absolute Gasteiger partial charge is 0.493 e. The zero-order valence-electron chi connectivity index (χ0n) is 12.7. The monoisotopic (exact) mass is 445 g/mol. The van der Waals surface area contributed by atoms with E-state index in [-0.39, 0.29) is 5.75 Å². The predicted molar refractivity (Wildman–Crippen MR) is 87.9 cm³/mol. The lowest BCUT2D eigenvalue weighted by molar-refractivity contribution is -0.153. The molecule has 23 heavy (non-hydrogen) atoms. The fraction of sp³-hybridized carbons (Fsp3) is 0.600. The summed E-state index contributed by atoms with van der Waals surface area (Å²) < 4.78 is 52.9. The Morgan fingerprint density at radius 3 is 2.61 bits per heavy atom. The van der Waals surface area contributed by atoms with E-state index in [1.807, 2.05) is 22.6 Å². The number of benzene rings is 1.